The van der Waals surface area contributed by atoms with E-state index in [0.29, 0.717) is 11.6 Å². The van der Waals surface area contributed by atoms with Crippen LogP contribution in [0.2, 0.25) is 0 Å². The molecule has 6 rings (SSSR count). The van der Waals surface area contributed by atoms with Gasteiger partial charge in [0.15, 0.2) is 6.61 Å². The number of benzene rings is 6. The summed E-state index contributed by atoms with van der Waals surface area (Å²) < 4.78 is 121. The van der Waals surface area contributed by atoms with Crippen LogP contribution in [0.5, 0.6) is 11.5 Å². The van der Waals surface area contributed by atoms with Crippen molar-refractivity contribution in [3.8, 4) is 11.5 Å². The average Bonchev–Trinajstić information content (AvgIpc) is 3.08. The number of nitrogens with zero attached hydrogens (tertiary/aromatic N) is 1. The summed E-state index contributed by atoms with van der Waals surface area (Å²) in [6, 6.07) is 21.0. The molecule has 6 aromatic carbocycles. The van der Waals surface area contributed by atoms with E-state index < -0.39 is 69.4 Å². The van der Waals surface area contributed by atoms with Gasteiger partial charge in [-0.2, -0.15) is 5.10 Å². The van der Waals surface area contributed by atoms with Crippen molar-refractivity contribution >= 4 is 80.8 Å². The van der Waals surface area contributed by atoms with Gasteiger partial charge in [-0.25, -0.2) is 30.7 Å². The van der Waals surface area contributed by atoms with E-state index in [1.165, 1.54) is 24.4 Å². The van der Waals surface area contributed by atoms with Crippen molar-refractivity contribution in [3.05, 3.63) is 102 Å². The molecule has 55 heavy (non-hydrogen) atoms. The molecule has 0 aliphatic rings. The van der Waals surface area contributed by atoms with Gasteiger partial charge in [0.2, 0.25) is 0 Å². The van der Waals surface area contributed by atoms with E-state index in [1.54, 1.807) is 19.1 Å². The van der Waals surface area contributed by atoms with Crippen LogP contribution in [0.3, 0.4) is 0 Å². The van der Waals surface area contributed by atoms with Crippen molar-refractivity contribution in [2.75, 3.05) is 6.61 Å². The Morgan fingerprint density at radius 2 is 1.16 bits per heavy atom. The molecule has 0 aliphatic carbocycles. The van der Waals surface area contributed by atoms with Crippen LogP contribution in [-0.4, -0.2) is 63.6 Å². The average molecular weight is 833 g/mol. The third-order valence-electron chi connectivity index (χ3n) is 8.07. The van der Waals surface area contributed by atoms with Crippen LogP contribution in [0.4, 0.5) is 0 Å². The Bertz CT molecular complexity index is 2720. The van der Waals surface area contributed by atoms with Gasteiger partial charge < -0.3 is 23.1 Å². The van der Waals surface area contributed by atoms with E-state index in [4.69, 9.17) is 9.47 Å². The zero-order valence-electron chi connectivity index (χ0n) is 29.5. The van der Waals surface area contributed by atoms with E-state index in [9.17, 15) is 48.5 Å². The van der Waals surface area contributed by atoms with Crippen molar-refractivity contribution in [2.24, 2.45) is 5.10 Å². The Balaban J connectivity index is 0.00000271. The van der Waals surface area contributed by atoms with Crippen molar-refractivity contribution < 1.29 is 147 Å². The summed E-state index contributed by atoms with van der Waals surface area (Å²) in [5.41, 5.74) is 3.51. The number of hydrogen-bond acceptors (Lipinski definition) is 14. The van der Waals surface area contributed by atoms with Gasteiger partial charge in [-0.3, -0.25) is 9.59 Å². The van der Waals surface area contributed by atoms with Crippen LogP contribution in [0, 0.1) is 0 Å². The monoisotopic (exact) mass is 832 g/mol. The van der Waals surface area contributed by atoms with Crippen molar-refractivity contribution in [1.82, 2.24) is 5.43 Å². The second kappa shape index (κ2) is 18.4. The van der Waals surface area contributed by atoms with Gasteiger partial charge in [-0.05, 0) is 60.5 Å². The molecule has 0 unspecified atom stereocenters. The Morgan fingerprint density at radius 3 is 1.67 bits per heavy atom. The third kappa shape index (κ3) is 10.3. The maximum atomic E-state index is 12.6. The van der Waals surface area contributed by atoms with Crippen LogP contribution in [0.25, 0.3) is 32.3 Å². The fourth-order valence-electron chi connectivity index (χ4n) is 5.66. The topological polar surface area (TPSA) is 249 Å². The Morgan fingerprint density at radius 1 is 0.691 bits per heavy atom. The molecule has 0 aliphatic heterocycles. The predicted octanol–water partition coefficient (Wildman–Crippen LogP) is -5.45. The maximum Gasteiger partial charge on any atom is 1.00 e. The maximum absolute atomic E-state index is 12.6. The zero-order valence-corrected chi connectivity index (χ0v) is 38.0. The SMILES string of the molecule is C[C@H](C(=O)Oc1ccc(/C=N\NC(=O)COc2cc(S(=O)(=O)[O-])c3ccc4c(S(=O)(=O)[O-])cc(S(=O)(=O)[O-])c5ccc2c3c54)cc1)c1ccccc1.[Na+].[Na+].[Na+]. The van der Waals surface area contributed by atoms with E-state index in [-0.39, 0.29) is 132 Å². The van der Waals surface area contributed by atoms with E-state index >= 15 is 0 Å². The minimum atomic E-state index is -5.38. The number of rotatable bonds is 11. The largest absolute Gasteiger partial charge is 1.00 e. The Labute approximate surface area is 381 Å². The number of ether oxygens (including phenoxy) is 2. The minimum Gasteiger partial charge on any atom is -0.744 e. The number of nitrogens with one attached hydrogen (secondary N) is 1. The van der Waals surface area contributed by atoms with Crippen molar-refractivity contribution in [3.63, 3.8) is 0 Å². The van der Waals surface area contributed by atoms with Crippen molar-refractivity contribution in [2.45, 2.75) is 27.5 Å². The first-order valence-electron chi connectivity index (χ1n) is 14.9. The Hall–Kier alpha value is -2.50. The minimum absolute atomic E-state index is 0. The molecule has 1 N–H and O–H groups in total. The third-order valence-corrected chi connectivity index (χ3v) is 10.7. The number of carbonyl (C=O) groups is 2. The fourth-order valence-corrected chi connectivity index (χ4v) is 7.83. The number of esters is 1. The molecule has 0 saturated carbocycles. The van der Waals surface area contributed by atoms with Crippen LogP contribution in [-0.2, 0) is 39.9 Å². The van der Waals surface area contributed by atoms with Gasteiger partial charge >= 0.3 is 94.6 Å². The van der Waals surface area contributed by atoms with Gasteiger partial charge in [0.1, 0.15) is 41.9 Å². The molecule has 0 spiro atoms. The first kappa shape index (κ1) is 46.9. The summed E-state index contributed by atoms with van der Waals surface area (Å²) >= 11 is 0. The molecule has 0 heterocycles. The summed E-state index contributed by atoms with van der Waals surface area (Å²) in [6.45, 7) is 0.939. The van der Waals surface area contributed by atoms with Gasteiger partial charge in [0, 0.05) is 32.3 Å². The molecule has 268 valence electrons. The summed E-state index contributed by atoms with van der Waals surface area (Å²) in [4.78, 5) is 22.2. The molecular formula is C34H23N2Na3O13S3. The Kier molecular flexibility index (Phi) is 15.7. The fraction of sp³-hybridized carbons (Fsp3) is 0.0882. The normalized spacial score (nSPS) is 12.4. The van der Waals surface area contributed by atoms with Crippen LogP contribution in [0.1, 0.15) is 24.0 Å². The van der Waals surface area contributed by atoms with Gasteiger partial charge in [-0.15, -0.1) is 0 Å². The molecule has 1 amide bonds. The molecular weight excluding hydrogens is 810 g/mol. The summed E-state index contributed by atoms with van der Waals surface area (Å²) in [7, 11) is -16.0. The second-order valence-electron chi connectivity index (χ2n) is 11.4. The molecule has 0 fully saturated rings. The first-order chi connectivity index (χ1) is 24.4. The smallest absolute Gasteiger partial charge is 0.744 e. The van der Waals surface area contributed by atoms with E-state index in [0.717, 1.165) is 29.8 Å². The molecule has 6 aromatic rings. The molecule has 0 radical (unpaired) electrons. The zero-order chi connectivity index (χ0) is 37.6. The second-order valence-corrected chi connectivity index (χ2v) is 15.4. The van der Waals surface area contributed by atoms with E-state index in [2.05, 4.69) is 10.5 Å². The molecule has 21 heteroatoms. The van der Waals surface area contributed by atoms with Crippen LogP contribution in [0.15, 0.2) is 111 Å². The molecule has 0 aromatic heterocycles. The number of carbonyl (C=O) groups excluding carboxylic acids is 2. The summed E-state index contributed by atoms with van der Waals surface area (Å²) in [5.74, 6) is -1.86. The van der Waals surface area contributed by atoms with Crippen LogP contribution < -0.4 is 104 Å². The first-order valence-corrected chi connectivity index (χ1v) is 19.1. The molecule has 1 atom stereocenters. The summed E-state index contributed by atoms with van der Waals surface area (Å²) in [5, 5.41) is 2.33. The molecule has 0 bridgehead atoms. The van der Waals surface area contributed by atoms with E-state index in [1.807, 2.05) is 30.3 Å². The number of hydrazone groups is 1. The number of hydrogen-bond donors (Lipinski definition) is 1. The molecule has 0 saturated heterocycles. The van der Waals surface area contributed by atoms with Gasteiger partial charge in [0.05, 0.1) is 26.8 Å². The van der Waals surface area contributed by atoms with Gasteiger partial charge in [0.25, 0.3) is 5.91 Å². The standard InChI is InChI=1S/C34H26N2O13S3.3Na/c1-19(21-5-3-2-4-6-21)34(38)49-22-9-7-20(8-10-22)17-35-36-31(37)18-48-27-15-28(50(39,40)41)24-13-14-26-30(52(45,46)47)16-29(51(42,43)44)25-12-11-23(27)32(24)33(25)26;;;/h2-17,19H,18H2,1H3,(H,36,37)(H,39,40,41)(H,42,43,44)(H,45,46,47);;;/q;3*+1/p-3/b35-17-;;;/t19-;;;/m0.../s1. The predicted molar refractivity (Wildman–Crippen MR) is 182 cm³/mol. The molecule has 15 nitrogen and oxygen atoms in total. The quantitative estimate of drug-likeness (QED) is 0.0244. The van der Waals surface area contributed by atoms with Crippen LogP contribution >= 0.6 is 0 Å². The van der Waals surface area contributed by atoms with Crippen molar-refractivity contribution in [1.29, 1.82) is 0 Å². The number of amides is 1. The van der Waals surface area contributed by atoms with Gasteiger partial charge in [-0.1, -0.05) is 48.5 Å². The summed E-state index contributed by atoms with van der Waals surface area (Å²) in [6.07, 6.45) is 1.28.